The molecule has 16 atom stereocenters. The number of esters is 1. The van der Waals surface area contributed by atoms with Crippen molar-refractivity contribution in [1.29, 1.82) is 0 Å². The van der Waals surface area contributed by atoms with Gasteiger partial charge in [-0.3, -0.25) is 4.79 Å². The molecular weight excluding hydrogens is 608 g/mol. The van der Waals surface area contributed by atoms with Crippen LogP contribution in [0.15, 0.2) is 23.3 Å². The number of ether oxygens (including phenoxy) is 6. The van der Waals surface area contributed by atoms with Crippen LogP contribution >= 0.6 is 0 Å². The van der Waals surface area contributed by atoms with Crippen molar-refractivity contribution in [2.45, 2.75) is 122 Å². The molecule has 0 spiro atoms. The number of fused-ring (bicyclic) bond motifs is 2. The Labute approximate surface area is 276 Å². The zero-order chi connectivity index (χ0) is 33.8. The number of epoxide rings is 2. The molecule has 7 rings (SSSR count). The van der Waals surface area contributed by atoms with Crippen LogP contribution in [0.3, 0.4) is 0 Å². The molecule has 4 bridgehead atoms. The minimum atomic E-state index is -1.41. The second kappa shape index (κ2) is 11.5. The van der Waals surface area contributed by atoms with Gasteiger partial charge in [0.15, 0.2) is 12.4 Å². The molecule has 0 radical (unpaired) electrons. The number of carboxylic acid groups (broad SMARTS) is 1. The van der Waals surface area contributed by atoms with Crippen molar-refractivity contribution in [2.75, 3.05) is 13.7 Å². The molecule has 3 saturated heterocycles. The van der Waals surface area contributed by atoms with Crippen LogP contribution in [0.2, 0.25) is 0 Å². The fraction of sp³-hybridized carbons (Fsp3) is 0.806. The number of carboxylic acids is 1. The first-order valence-electron chi connectivity index (χ1n) is 17.4. The molecule has 0 aromatic carbocycles. The monoisotopic (exact) mass is 658 g/mol. The van der Waals surface area contributed by atoms with Crippen molar-refractivity contribution in [3.8, 4) is 0 Å². The first-order valence-corrected chi connectivity index (χ1v) is 17.4. The summed E-state index contributed by atoms with van der Waals surface area (Å²) in [6.45, 7) is 11.6. The van der Waals surface area contributed by atoms with Gasteiger partial charge in [-0.15, -0.1) is 0 Å². The molecule has 0 aromatic rings. The fourth-order valence-electron chi connectivity index (χ4n) is 11.1. The summed E-state index contributed by atoms with van der Waals surface area (Å²) < 4.78 is 35.3. The minimum absolute atomic E-state index is 0.00212. The summed E-state index contributed by atoms with van der Waals surface area (Å²) in [7, 11) is 1.46. The highest BCUT2D eigenvalue weighted by atomic mass is 16.7. The summed E-state index contributed by atoms with van der Waals surface area (Å²) >= 11 is 0. The molecule has 11 heteroatoms. The van der Waals surface area contributed by atoms with E-state index >= 15 is 0 Å². The number of hydrogen-bond donors (Lipinski definition) is 2. The summed E-state index contributed by atoms with van der Waals surface area (Å²) in [4.78, 5) is 40.3. The molecule has 47 heavy (non-hydrogen) atoms. The van der Waals surface area contributed by atoms with Gasteiger partial charge in [-0.05, 0) is 75.7 Å². The maximum atomic E-state index is 13.8. The lowest BCUT2D eigenvalue weighted by atomic mass is 9.43. The Bertz CT molecular complexity index is 1370. The number of methoxy groups -OCH3 is 1. The van der Waals surface area contributed by atoms with Crippen LogP contribution in [0.25, 0.3) is 0 Å². The number of aldehydes is 1. The van der Waals surface area contributed by atoms with Crippen LogP contribution in [-0.2, 0) is 42.8 Å². The Morgan fingerprint density at radius 1 is 1.06 bits per heavy atom. The van der Waals surface area contributed by atoms with Gasteiger partial charge >= 0.3 is 11.9 Å². The quantitative estimate of drug-likeness (QED) is 0.110. The molecular formula is C36H50O11. The summed E-state index contributed by atoms with van der Waals surface area (Å²) in [5.74, 6) is -1.26. The molecule has 3 aliphatic heterocycles. The zero-order valence-electron chi connectivity index (χ0n) is 28.4. The van der Waals surface area contributed by atoms with E-state index in [1.54, 1.807) is 19.9 Å². The molecule has 3 heterocycles. The molecule has 2 N–H and O–H groups in total. The Morgan fingerprint density at radius 2 is 1.79 bits per heavy atom. The topological polar surface area (TPSA) is 154 Å². The van der Waals surface area contributed by atoms with Crippen molar-refractivity contribution >= 4 is 18.2 Å². The number of carbonyl (C=O) groups is 3. The lowest BCUT2D eigenvalue weighted by molar-refractivity contribution is -0.308. The highest BCUT2D eigenvalue weighted by Gasteiger charge is 2.84. The standard InChI is InChI=1S/C36H50O11/c1-16(2)24-11-21-12-34(14-37)23-9-8-17(3)22(23)13-35(21,36(24,34)33(40)41)15-43-32-26(38)30(27(42-7)19(5)45-32)47-31(39)18(4)10-25-29(46-25)28-20(6)44-28/h10-11,14,16-17,19-23,25-30,32,38H,8-9,12-13,15H2,1-7H3,(H,40,41)/b18-10-/t17-,19-,20?,21+,22-,23-,25?,26+,27-,28?,29?,30+,32-,34+,35?,36-/m1/s1. The molecule has 6 fully saturated rings. The molecule has 7 aliphatic rings. The van der Waals surface area contributed by atoms with E-state index in [9.17, 15) is 24.6 Å². The Hall–Kier alpha value is -2.15. The van der Waals surface area contributed by atoms with E-state index in [4.69, 9.17) is 28.4 Å². The van der Waals surface area contributed by atoms with E-state index in [1.807, 2.05) is 20.8 Å². The maximum Gasteiger partial charge on any atom is 0.333 e. The average molecular weight is 659 g/mol. The summed E-state index contributed by atoms with van der Waals surface area (Å²) in [6.07, 6.45) is 2.48. The van der Waals surface area contributed by atoms with E-state index in [0.717, 1.165) is 24.7 Å². The van der Waals surface area contributed by atoms with Gasteiger partial charge in [-0.1, -0.05) is 38.8 Å². The number of aliphatic hydroxyl groups excluding tert-OH is 1. The Kier molecular flexibility index (Phi) is 8.13. The summed E-state index contributed by atoms with van der Waals surface area (Å²) in [6, 6.07) is 0. The second-order valence-corrected chi connectivity index (χ2v) is 15.8. The highest BCUT2D eigenvalue weighted by Crippen LogP contribution is 2.82. The SMILES string of the molecule is CO[C@H]1[C@@H](OC(=O)/C(C)=C\C2OC2C2OC2C)[C@H](O)[C@H](OCC23C[C@@H]4[C@H](C)CC[C@H]4[C@@]4(C=O)C[C@@H]2C=C(C(C)C)[C@]34C(=O)O)O[C@@H]1C. The highest BCUT2D eigenvalue weighted by molar-refractivity contribution is 5.90. The molecule has 5 unspecified atom stereocenters. The second-order valence-electron chi connectivity index (χ2n) is 15.8. The molecule has 11 nitrogen and oxygen atoms in total. The van der Waals surface area contributed by atoms with Crippen LogP contribution in [0.1, 0.15) is 67.2 Å². The summed E-state index contributed by atoms with van der Waals surface area (Å²) in [5, 5.41) is 22.9. The van der Waals surface area contributed by atoms with E-state index in [0.29, 0.717) is 24.3 Å². The third-order valence-electron chi connectivity index (χ3n) is 13.3. The van der Waals surface area contributed by atoms with Crippen LogP contribution in [-0.4, -0.2) is 97.3 Å². The average Bonchev–Trinajstić information content (AvgIpc) is 3.88. The van der Waals surface area contributed by atoms with E-state index in [-0.39, 0.29) is 54.7 Å². The minimum Gasteiger partial charge on any atom is -0.481 e. The van der Waals surface area contributed by atoms with Gasteiger partial charge in [0.2, 0.25) is 0 Å². The van der Waals surface area contributed by atoms with Gasteiger partial charge in [0.25, 0.3) is 0 Å². The van der Waals surface area contributed by atoms with Gasteiger partial charge in [-0.25, -0.2) is 4.79 Å². The lowest BCUT2D eigenvalue weighted by Gasteiger charge is -2.58. The van der Waals surface area contributed by atoms with Gasteiger partial charge in [-0.2, -0.15) is 0 Å². The number of aliphatic carboxylic acids is 1. The molecule has 0 aromatic heterocycles. The van der Waals surface area contributed by atoms with Crippen molar-refractivity contribution in [3.63, 3.8) is 0 Å². The van der Waals surface area contributed by atoms with Gasteiger partial charge in [0.1, 0.15) is 42.2 Å². The van der Waals surface area contributed by atoms with Crippen molar-refractivity contribution in [1.82, 2.24) is 0 Å². The number of rotatable bonds is 11. The van der Waals surface area contributed by atoms with Crippen molar-refractivity contribution < 1.29 is 53.0 Å². The largest absolute Gasteiger partial charge is 0.481 e. The predicted molar refractivity (Wildman–Crippen MR) is 166 cm³/mol. The predicted octanol–water partition coefficient (Wildman–Crippen LogP) is 3.46. The van der Waals surface area contributed by atoms with Crippen molar-refractivity contribution in [2.24, 2.45) is 45.8 Å². The zero-order valence-corrected chi connectivity index (χ0v) is 28.4. The van der Waals surface area contributed by atoms with E-state index in [1.165, 1.54) is 7.11 Å². The van der Waals surface area contributed by atoms with Gasteiger partial charge in [0, 0.05) is 18.1 Å². The first kappa shape index (κ1) is 33.4. The summed E-state index contributed by atoms with van der Waals surface area (Å²) in [5.41, 5.74) is -2.17. The van der Waals surface area contributed by atoms with Crippen molar-refractivity contribution in [3.05, 3.63) is 23.3 Å². The normalized spacial score (nSPS) is 51.0. The van der Waals surface area contributed by atoms with Crippen LogP contribution in [0.5, 0.6) is 0 Å². The number of aliphatic hydroxyl groups is 1. The number of allylic oxidation sites excluding steroid dienone is 1. The van der Waals surface area contributed by atoms with E-state index in [2.05, 4.69) is 13.0 Å². The lowest BCUT2D eigenvalue weighted by Crippen LogP contribution is -2.64. The Balaban J connectivity index is 1.14. The molecule has 3 saturated carbocycles. The maximum absolute atomic E-state index is 13.8. The molecule has 4 aliphatic carbocycles. The number of hydrogen-bond acceptors (Lipinski definition) is 10. The third kappa shape index (κ3) is 4.55. The first-order chi connectivity index (χ1) is 22.3. The Morgan fingerprint density at radius 3 is 2.40 bits per heavy atom. The van der Waals surface area contributed by atoms with Crippen LogP contribution < -0.4 is 0 Å². The molecule has 260 valence electrons. The van der Waals surface area contributed by atoms with Crippen LogP contribution in [0.4, 0.5) is 0 Å². The van der Waals surface area contributed by atoms with Crippen LogP contribution in [0, 0.1) is 45.8 Å². The smallest absolute Gasteiger partial charge is 0.333 e. The third-order valence-corrected chi connectivity index (χ3v) is 13.3. The fourth-order valence-corrected chi connectivity index (χ4v) is 11.1. The van der Waals surface area contributed by atoms with Gasteiger partial charge < -0.3 is 43.4 Å². The van der Waals surface area contributed by atoms with Gasteiger partial charge in [0.05, 0.1) is 24.2 Å². The van der Waals surface area contributed by atoms with E-state index < -0.39 is 58.9 Å². The number of carbonyl (C=O) groups excluding carboxylic acids is 2. The molecule has 0 amide bonds.